The molecule has 3 rings (SSSR count). The zero-order valence-corrected chi connectivity index (χ0v) is 17.5. The third-order valence-corrected chi connectivity index (χ3v) is 5.28. The summed E-state index contributed by atoms with van der Waals surface area (Å²) in [7, 11) is 1.54. The lowest BCUT2D eigenvalue weighted by molar-refractivity contribution is -0.113. The van der Waals surface area contributed by atoms with Crippen LogP contribution in [0.15, 0.2) is 71.6 Å². The Bertz CT molecular complexity index is 1080. The Kier molecular flexibility index (Phi) is 7.32. The lowest BCUT2D eigenvalue weighted by Gasteiger charge is -2.09. The highest BCUT2D eigenvalue weighted by atomic mass is 35.5. The van der Waals surface area contributed by atoms with Gasteiger partial charge >= 0.3 is 0 Å². The van der Waals surface area contributed by atoms with Crippen molar-refractivity contribution in [3.63, 3.8) is 0 Å². The topological polar surface area (TPSA) is 67.4 Å². The number of amides is 2. The lowest BCUT2D eigenvalue weighted by atomic mass is 10.2. The highest BCUT2D eigenvalue weighted by Gasteiger charge is 2.09. The molecule has 0 saturated heterocycles. The first-order valence-corrected chi connectivity index (χ1v) is 10.2. The number of anilines is 2. The molecule has 3 aromatic carbocycles. The molecule has 154 valence electrons. The molecule has 0 radical (unpaired) electrons. The number of benzene rings is 3. The molecule has 3 aromatic rings. The number of carbonyl (C=O) groups excluding carboxylic acids is 2. The number of halogens is 2. The minimum absolute atomic E-state index is 0.0556. The second-order valence-electron chi connectivity index (χ2n) is 6.18. The van der Waals surface area contributed by atoms with E-state index >= 15 is 0 Å². The Hall–Kier alpha value is -3.03. The van der Waals surface area contributed by atoms with Crippen LogP contribution in [0.1, 0.15) is 10.4 Å². The van der Waals surface area contributed by atoms with Gasteiger partial charge in [-0.3, -0.25) is 9.59 Å². The Morgan fingerprint density at radius 2 is 1.77 bits per heavy atom. The van der Waals surface area contributed by atoms with E-state index in [1.807, 2.05) is 6.07 Å². The van der Waals surface area contributed by atoms with Gasteiger partial charge in [-0.25, -0.2) is 4.39 Å². The molecular weight excluding hydrogens is 427 g/mol. The fourth-order valence-electron chi connectivity index (χ4n) is 2.55. The SMILES string of the molecule is COc1cccc(C(=O)Nc2cccc(SCC(=O)Nc3ccc(F)c(Cl)c3)c2)c1. The van der Waals surface area contributed by atoms with E-state index in [1.165, 1.54) is 30.0 Å². The molecule has 0 aliphatic rings. The van der Waals surface area contributed by atoms with Crippen LogP contribution in [-0.4, -0.2) is 24.7 Å². The van der Waals surface area contributed by atoms with E-state index in [9.17, 15) is 14.0 Å². The second kappa shape index (κ2) is 10.1. The lowest BCUT2D eigenvalue weighted by Crippen LogP contribution is -2.14. The average Bonchev–Trinajstić information content (AvgIpc) is 2.75. The van der Waals surface area contributed by atoms with Crippen LogP contribution in [0.4, 0.5) is 15.8 Å². The van der Waals surface area contributed by atoms with Crippen molar-refractivity contribution < 1.29 is 18.7 Å². The normalized spacial score (nSPS) is 10.4. The zero-order valence-electron chi connectivity index (χ0n) is 15.9. The average molecular weight is 445 g/mol. The van der Waals surface area contributed by atoms with Gasteiger partial charge in [-0.05, 0) is 54.6 Å². The minimum atomic E-state index is -0.545. The quantitative estimate of drug-likeness (QED) is 0.474. The summed E-state index contributed by atoms with van der Waals surface area (Å²) in [5.74, 6) is -0.324. The number of hydrogen-bond acceptors (Lipinski definition) is 4. The van der Waals surface area contributed by atoms with Gasteiger partial charge in [0.05, 0.1) is 17.9 Å². The summed E-state index contributed by atoms with van der Waals surface area (Å²) < 4.78 is 18.3. The molecule has 0 aliphatic carbocycles. The van der Waals surface area contributed by atoms with E-state index in [0.717, 1.165) is 4.90 Å². The van der Waals surface area contributed by atoms with Crippen molar-refractivity contribution in [2.75, 3.05) is 23.5 Å². The maximum Gasteiger partial charge on any atom is 0.255 e. The first-order valence-electron chi connectivity index (χ1n) is 8.88. The molecule has 0 spiro atoms. The van der Waals surface area contributed by atoms with Gasteiger partial charge in [0.2, 0.25) is 5.91 Å². The van der Waals surface area contributed by atoms with Gasteiger partial charge in [0.15, 0.2) is 0 Å². The van der Waals surface area contributed by atoms with E-state index in [2.05, 4.69) is 10.6 Å². The van der Waals surface area contributed by atoms with Gasteiger partial charge in [0.25, 0.3) is 5.91 Å². The predicted molar refractivity (Wildman–Crippen MR) is 118 cm³/mol. The van der Waals surface area contributed by atoms with Gasteiger partial charge in [-0.1, -0.05) is 23.7 Å². The minimum Gasteiger partial charge on any atom is -0.497 e. The molecule has 2 N–H and O–H groups in total. The highest BCUT2D eigenvalue weighted by molar-refractivity contribution is 8.00. The second-order valence-corrected chi connectivity index (χ2v) is 7.64. The Morgan fingerprint density at radius 3 is 2.53 bits per heavy atom. The number of carbonyl (C=O) groups is 2. The molecule has 0 aromatic heterocycles. The van der Waals surface area contributed by atoms with Crippen molar-refractivity contribution in [1.29, 1.82) is 0 Å². The Balaban J connectivity index is 1.57. The molecule has 0 fully saturated rings. The monoisotopic (exact) mass is 444 g/mol. The largest absolute Gasteiger partial charge is 0.497 e. The van der Waals surface area contributed by atoms with Crippen LogP contribution in [0.25, 0.3) is 0 Å². The summed E-state index contributed by atoms with van der Waals surface area (Å²) in [6, 6.07) is 18.0. The van der Waals surface area contributed by atoms with Crippen LogP contribution in [0.2, 0.25) is 5.02 Å². The maximum atomic E-state index is 13.2. The summed E-state index contributed by atoms with van der Waals surface area (Å²) in [6.07, 6.45) is 0. The zero-order chi connectivity index (χ0) is 21.5. The predicted octanol–water partition coefficient (Wildman–Crippen LogP) is 5.47. The number of nitrogens with one attached hydrogen (secondary N) is 2. The van der Waals surface area contributed by atoms with Crippen LogP contribution in [0.3, 0.4) is 0 Å². The molecule has 30 heavy (non-hydrogen) atoms. The highest BCUT2D eigenvalue weighted by Crippen LogP contribution is 2.24. The van der Waals surface area contributed by atoms with Crippen molar-refractivity contribution in [3.8, 4) is 5.75 Å². The Labute approximate surface area is 182 Å². The van der Waals surface area contributed by atoms with Crippen LogP contribution < -0.4 is 15.4 Å². The van der Waals surface area contributed by atoms with E-state index in [-0.39, 0.29) is 22.6 Å². The Morgan fingerprint density at radius 1 is 1.00 bits per heavy atom. The molecule has 0 atom stereocenters. The van der Waals surface area contributed by atoms with E-state index in [4.69, 9.17) is 16.3 Å². The van der Waals surface area contributed by atoms with Gasteiger partial charge in [0, 0.05) is 21.8 Å². The standard InChI is InChI=1S/C22H18ClFN2O3S/c1-29-17-6-2-4-14(10-17)22(28)26-15-5-3-7-18(11-15)30-13-21(27)25-16-8-9-20(24)19(23)12-16/h2-12H,13H2,1H3,(H,25,27)(H,26,28). The molecule has 0 aliphatic heterocycles. The fraction of sp³-hybridized carbons (Fsp3) is 0.0909. The molecule has 0 saturated carbocycles. The van der Waals surface area contributed by atoms with Crippen LogP contribution in [0.5, 0.6) is 5.75 Å². The first-order chi connectivity index (χ1) is 14.4. The van der Waals surface area contributed by atoms with E-state index in [1.54, 1.807) is 49.6 Å². The van der Waals surface area contributed by atoms with E-state index in [0.29, 0.717) is 22.7 Å². The number of rotatable bonds is 7. The van der Waals surface area contributed by atoms with Gasteiger partial charge in [-0.2, -0.15) is 0 Å². The first kappa shape index (κ1) is 21.7. The summed E-state index contributed by atoms with van der Waals surface area (Å²) in [5, 5.41) is 5.44. The van der Waals surface area contributed by atoms with Crippen molar-refractivity contribution in [3.05, 3.63) is 83.1 Å². The fourth-order valence-corrected chi connectivity index (χ4v) is 3.49. The summed E-state index contributed by atoms with van der Waals surface area (Å²) in [5.41, 5.74) is 1.51. The van der Waals surface area contributed by atoms with Crippen molar-refractivity contribution in [1.82, 2.24) is 0 Å². The van der Waals surface area contributed by atoms with Crippen LogP contribution >= 0.6 is 23.4 Å². The van der Waals surface area contributed by atoms with Crippen LogP contribution in [0, 0.1) is 5.82 Å². The van der Waals surface area contributed by atoms with Crippen molar-refractivity contribution in [2.24, 2.45) is 0 Å². The van der Waals surface area contributed by atoms with Crippen molar-refractivity contribution >= 4 is 46.6 Å². The molecule has 0 heterocycles. The number of ether oxygens (including phenoxy) is 1. The molecular formula is C22H18ClFN2O3S. The van der Waals surface area contributed by atoms with Crippen LogP contribution in [-0.2, 0) is 4.79 Å². The number of hydrogen-bond donors (Lipinski definition) is 2. The maximum absolute atomic E-state index is 13.2. The summed E-state index contributed by atoms with van der Waals surface area (Å²) in [4.78, 5) is 25.4. The van der Waals surface area contributed by atoms with Gasteiger partial charge < -0.3 is 15.4 Å². The molecule has 5 nitrogen and oxygen atoms in total. The number of thioether (sulfide) groups is 1. The summed E-state index contributed by atoms with van der Waals surface area (Å²) in [6.45, 7) is 0. The van der Waals surface area contributed by atoms with E-state index < -0.39 is 5.82 Å². The molecule has 0 bridgehead atoms. The molecule has 2 amide bonds. The van der Waals surface area contributed by atoms with Gasteiger partial charge in [0.1, 0.15) is 11.6 Å². The summed E-state index contributed by atoms with van der Waals surface area (Å²) >= 11 is 7.03. The third-order valence-electron chi connectivity index (χ3n) is 4.00. The molecule has 8 heteroatoms. The van der Waals surface area contributed by atoms with Gasteiger partial charge in [-0.15, -0.1) is 11.8 Å². The molecule has 0 unspecified atom stereocenters. The van der Waals surface area contributed by atoms with Crippen molar-refractivity contribution in [2.45, 2.75) is 4.90 Å². The smallest absolute Gasteiger partial charge is 0.255 e. The number of methoxy groups -OCH3 is 1. The third kappa shape index (κ3) is 5.98.